The van der Waals surface area contributed by atoms with Crippen molar-refractivity contribution >= 4 is 27.5 Å². The molecule has 1 heterocycles. The van der Waals surface area contributed by atoms with Crippen LogP contribution < -0.4 is 4.74 Å². The molecule has 0 aliphatic carbocycles. The predicted octanol–water partition coefficient (Wildman–Crippen LogP) is 4.32. The molecule has 0 radical (unpaired) electrons. The van der Waals surface area contributed by atoms with Gasteiger partial charge in [-0.25, -0.2) is 0 Å². The number of halogens is 2. The number of ether oxygens (including phenoxy) is 3. The van der Waals surface area contributed by atoms with E-state index in [-0.39, 0.29) is 11.0 Å². The summed E-state index contributed by atoms with van der Waals surface area (Å²) in [6, 6.07) is 5.94. The van der Waals surface area contributed by atoms with Crippen molar-refractivity contribution in [2.75, 3.05) is 26.9 Å². The molecule has 112 valence electrons. The summed E-state index contributed by atoms with van der Waals surface area (Å²) < 4.78 is 17.3. The predicted molar refractivity (Wildman–Crippen MR) is 83.7 cm³/mol. The van der Waals surface area contributed by atoms with Crippen LogP contribution in [0.4, 0.5) is 0 Å². The second-order valence-electron chi connectivity index (χ2n) is 5.16. The van der Waals surface area contributed by atoms with E-state index < -0.39 is 0 Å². The van der Waals surface area contributed by atoms with E-state index in [2.05, 4.69) is 22.9 Å². The minimum Gasteiger partial charge on any atom is -0.490 e. The molecule has 3 nitrogen and oxygen atoms in total. The highest BCUT2D eigenvalue weighted by Crippen LogP contribution is 2.43. The smallest absolute Gasteiger partial charge is 0.133 e. The molecule has 1 fully saturated rings. The fourth-order valence-corrected chi connectivity index (χ4v) is 3.20. The molecule has 5 heteroatoms. The van der Waals surface area contributed by atoms with E-state index in [4.69, 9.17) is 25.8 Å². The Morgan fingerprint density at radius 3 is 2.85 bits per heavy atom. The molecule has 1 aliphatic rings. The van der Waals surface area contributed by atoms with E-state index in [9.17, 15) is 0 Å². The van der Waals surface area contributed by atoms with Gasteiger partial charge in [-0.05, 0) is 53.4 Å². The quantitative estimate of drug-likeness (QED) is 0.556. The summed E-state index contributed by atoms with van der Waals surface area (Å²) in [4.78, 5) is 0. The van der Waals surface area contributed by atoms with Crippen LogP contribution in [0.2, 0.25) is 0 Å². The Labute approximate surface area is 133 Å². The molecule has 0 N–H and O–H groups in total. The Morgan fingerprint density at radius 2 is 2.25 bits per heavy atom. The summed E-state index contributed by atoms with van der Waals surface area (Å²) in [5, 5.41) is -0.158. The summed E-state index contributed by atoms with van der Waals surface area (Å²) in [6.45, 7) is 3.96. The summed E-state index contributed by atoms with van der Waals surface area (Å²) in [5.41, 5.74) is 0.765. The van der Waals surface area contributed by atoms with Gasteiger partial charge >= 0.3 is 0 Å². The van der Waals surface area contributed by atoms with Crippen LogP contribution in [0.25, 0.3) is 0 Å². The van der Waals surface area contributed by atoms with Gasteiger partial charge < -0.3 is 14.2 Å². The molecule has 1 saturated heterocycles. The highest BCUT2D eigenvalue weighted by molar-refractivity contribution is 9.10. The zero-order valence-corrected chi connectivity index (χ0v) is 14.2. The van der Waals surface area contributed by atoms with Gasteiger partial charge in [0.1, 0.15) is 12.4 Å². The van der Waals surface area contributed by atoms with Crippen LogP contribution in [0, 0.1) is 0 Å². The van der Waals surface area contributed by atoms with Crippen molar-refractivity contribution in [1.29, 1.82) is 0 Å². The standard InChI is InChI=1S/C15H20BrClO3/c1-15(6-3-7-20-15)14(17)11-4-5-13(12(16)10-11)19-9-8-18-2/h4-5,10,14H,3,6-9H2,1-2H3. The van der Waals surface area contributed by atoms with Crippen molar-refractivity contribution < 1.29 is 14.2 Å². The van der Waals surface area contributed by atoms with Crippen molar-refractivity contribution in [2.45, 2.75) is 30.7 Å². The van der Waals surface area contributed by atoms with Crippen LogP contribution in [-0.2, 0) is 9.47 Å². The van der Waals surface area contributed by atoms with Gasteiger partial charge in [-0.1, -0.05) is 6.07 Å². The first-order chi connectivity index (χ1) is 9.57. The Morgan fingerprint density at radius 1 is 1.45 bits per heavy atom. The third-order valence-corrected chi connectivity index (χ3v) is 4.91. The molecule has 1 aromatic carbocycles. The maximum Gasteiger partial charge on any atom is 0.133 e. The zero-order chi connectivity index (χ0) is 14.6. The van der Waals surface area contributed by atoms with Gasteiger partial charge in [0.25, 0.3) is 0 Å². The lowest BCUT2D eigenvalue weighted by Gasteiger charge is -2.29. The molecule has 2 rings (SSSR count). The lowest BCUT2D eigenvalue weighted by Crippen LogP contribution is -2.28. The highest BCUT2D eigenvalue weighted by atomic mass is 79.9. The minimum absolute atomic E-state index is 0.158. The summed E-state index contributed by atoms with van der Waals surface area (Å²) in [7, 11) is 1.65. The van der Waals surface area contributed by atoms with Crippen LogP contribution in [0.3, 0.4) is 0 Å². The van der Waals surface area contributed by atoms with Gasteiger partial charge in [0, 0.05) is 13.7 Å². The van der Waals surface area contributed by atoms with Crippen LogP contribution >= 0.6 is 27.5 Å². The number of hydrogen-bond acceptors (Lipinski definition) is 3. The maximum atomic E-state index is 6.60. The van der Waals surface area contributed by atoms with Crippen LogP contribution in [-0.4, -0.2) is 32.5 Å². The number of benzene rings is 1. The van der Waals surface area contributed by atoms with Crippen LogP contribution in [0.5, 0.6) is 5.75 Å². The third kappa shape index (κ3) is 3.67. The van der Waals surface area contributed by atoms with Gasteiger partial charge in [-0.2, -0.15) is 0 Å². The van der Waals surface area contributed by atoms with E-state index in [1.807, 2.05) is 18.2 Å². The third-order valence-electron chi connectivity index (χ3n) is 3.58. The molecule has 0 spiro atoms. The van der Waals surface area contributed by atoms with Crippen molar-refractivity contribution in [2.24, 2.45) is 0 Å². The summed E-state index contributed by atoms with van der Waals surface area (Å²) >= 11 is 10.1. The molecule has 0 bridgehead atoms. The van der Waals surface area contributed by atoms with Crippen molar-refractivity contribution in [3.63, 3.8) is 0 Å². The molecule has 20 heavy (non-hydrogen) atoms. The average Bonchev–Trinajstić information content (AvgIpc) is 2.88. The Kier molecular flexibility index (Phi) is 5.73. The first-order valence-corrected chi connectivity index (χ1v) is 7.99. The van der Waals surface area contributed by atoms with Gasteiger partial charge in [0.05, 0.1) is 22.1 Å². The molecule has 0 aromatic heterocycles. The van der Waals surface area contributed by atoms with Crippen LogP contribution in [0.15, 0.2) is 22.7 Å². The topological polar surface area (TPSA) is 27.7 Å². The zero-order valence-electron chi connectivity index (χ0n) is 11.8. The highest BCUT2D eigenvalue weighted by Gasteiger charge is 2.38. The lowest BCUT2D eigenvalue weighted by atomic mass is 9.93. The number of rotatable bonds is 6. The molecule has 0 amide bonds. The van der Waals surface area contributed by atoms with Crippen molar-refractivity contribution in [3.8, 4) is 5.75 Å². The average molecular weight is 364 g/mol. The van der Waals surface area contributed by atoms with Crippen molar-refractivity contribution in [1.82, 2.24) is 0 Å². The number of alkyl halides is 1. The fourth-order valence-electron chi connectivity index (χ4n) is 2.38. The van der Waals surface area contributed by atoms with E-state index in [1.54, 1.807) is 7.11 Å². The molecule has 0 saturated carbocycles. The SMILES string of the molecule is COCCOc1ccc(C(Cl)C2(C)CCCO2)cc1Br. The number of methoxy groups -OCH3 is 1. The lowest BCUT2D eigenvalue weighted by molar-refractivity contribution is 0.0164. The summed E-state index contributed by atoms with van der Waals surface area (Å²) in [6.07, 6.45) is 2.06. The first-order valence-electron chi connectivity index (χ1n) is 6.76. The number of hydrogen-bond donors (Lipinski definition) is 0. The van der Waals surface area contributed by atoms with Gasteiger partial charge in [-0.3, -0.25) is 0 Å². The molecule has 1 aliphatic heterocycles. The van der Waals surface area contributed by atoms with E-state index in [0.29, 0.717) is 13.2 Å². The normalized spacial score (nSPS) is 23.8. The fraction of sp³-hybridized carbons (Fsp3) is 0.600. The molecular formula is C15H20BrClO3. The maximum absolute atomic E-state index is 6.60. The second kappa shape index (κ2) is 7.12. The minimum atomic E-state index is -0.278. The van der Waals surface area contributed by atoms with Gasteiger partial charge in [-0.15, -0.1) is 11.6 Å². The van der Waals surface area contributed by atoms with E-state index in [1.165, 1.54) is 0 Å². The summed E-state index contributed by atoms with van der Waals surface area (Å²) in [5.74, 6) is 0.798. The Hall–Kier alpha value is -0.290. The second-order valence-corrected chi connectivity index (χ2v) is 6.45. The largest absolute Gasteiger partial charge is 0.490 e. The van der Waals surface area contributed by atoms with Crippen LogP contribution in [0.1, 0.15) is 30.7 Å². The van der Waals surface area contributed by atoms with E-state index in [0.717, 1.165) is 35.2 Å². The first kappa shape index (κ1) is 16.1. The van der Waals surface area contributed by atoms with Gasteiger partial charge in [0.15, 0.2) is 0 Å². The monoisotopic (exact) mass is 362 g/mol. The molecule has 2 atom stereocenters. The van der Waals surface area contributed by atoms with E-state index >= 15 is 0 Å². The molecule has 2 unspecified atom stereocenters. The molecular weight excluding hydrogens is 344 g/mol. The van der Waals surface area contributed by atoms with Gasteiger partial charge in [0.2, 0.25) is 0 Å². The van der Waals surface area contributed by atoms with Crippen molar-refractivity contribution in [3.05, 3.63) is 28.2 Å². The Balaban J connectivity index is 2.08. The molecule has 1 aromatic rings. The Bertz CT molecular complexity index is 447.